The van der Waals surface area contributed by atoms with Crippen LogP contribution < -0.4 is 16.2 Å². The molecule has 24 heavy (non-hydrogen) atoms. The number of hydrogen-bond acceptors (Lipinski definition) is 5. The van der Waals surface area contributed by atoms with E-state index >= 15 is 0 Å². The number of nitrogens with zero attached hydrogens (tertiary/aromatic N) is 1. The number of aliphatic carboxylic acids is 1. The summed E-state index contributed by atoms with van der Waals surface area (Å²) in [6, 6.07) is 4.63. The van der Waals surface area contributed by atoms with Gasteiger partial charge in [-0.25, -0.2) is 8.42 Å². The second-order valence-electron chi connectivity index (χ2n) is 5.08. The van der Waals surface area contributed by atoms with Gasteiger partial charge in [-0.2, -0.15) is 4.72 Å². The summed E-state index contributed by atoms with van der Waals surface area (Å²) >= 11 is 0. The Morgan fingerprint density at radius 2 is 2.08 bits per heavy atom. The number of hydrogen-bond donors (Lipinski definition) is 4. The number of guanidine groups is 1. The molecule has 0 bridgehead atoms. The van der Waals surface area contributed by atoms with Crippen molar-refractivity contribution in [3.63, 3.8) is 0 Å². The van der Waals surface area contributed by atoms with E-state index in [1.54, 1.807) is 6.07 Å². The van der Waals surface area contributed by atoms with E-state index in [1.165, 1.54) is 24.5 Å². The fraction of sp³-hybridized carbons (Fsp3) is 0.286. The molecule has 0 saturated carbocycles. The molecule has 0 amide bonds. The normalized spacial score (nSPS) is 12.8. The molecule has 0 aliphatic heterocycles. The Hall–Kier alpha value is -2.59. The first-order valence-corrected chi connectivity index (χ1v) is 8.56. The number of carbonyl (C=O) groups is 1. The smallest absolute Gasteiger partial charge is 0.321 e. The molecule has 0 aliphatic carbocycles. The van der Waals surface area contributed by atoms with Crippen molar-refractivity contribution in [1.82, 2.24) is 4.72 Å². The van der Waals surface area contributed by atoms with Crippen molar-refractivity contribution >= 4 is 32.9 Å². The largest absolute Gasteiger partial charge is 0.480 e. The molecule has 2 aromatic rings. The number of carboxylic acids is 1. The molecule has 0 radical (unpaired) electrons. The molecule has 0 aliphatic rings. The Morgan fingerprint density at radius 1 is 1.33 bits per heavy atom. The van der Waals surface area contributed by atoms with Crippen LogP contribution in [0.15, 0.2) is 44.8 Å². The highest BCUT2D eigenvalue weighted by Gasteiger charge is 2.25. The van der Waals surface area contributed by atoms with Gasteiger partial charge in [0, 0.05) is 11.9 Å². The van der Waals surface area contributed by atoms with Gasteiger partial charge in [0.1, 0.15) is 11.6 Å². The Labute approximate surface area is 138 Å². The maximum atomic E-state index is 12.4. The highest BCUT2D eigenvalue weighted by molar-refractivity contribution is 7.89. The van der Waals surface area contributed by atoms with Gasteiger partial charge in [0.25, 0.3) is 0 Å². The molecule has 1 aromatic heterocycles. The first-order valence-electron chi connectivity index (χ1n) is 7.07. The molecule has 0 unspecified atom stereocenters. The van der Waals surface area contributed by atoms with Crippen molar-refractivity contribution < 1.29 is 22.7 Å². The van der Waals surface area contributed by atoms with Crippen molar-refractivity contribution in [3.8, 4) is 0 Å². The zero-order valence-corrected chi connectivity index (χ0v) is 13.5. The van der Waals surface area contributed by atoms with Gasteiger partial charge < -0.3 is 21.0 Å². The molecule has 10 heteroatoms. The third kappa shape index (κ3) is 4.46. The standard InChI is InChI=1S/C14H18N4O5S/c15-14(16)17-6-1-2-11(13(19)20)18-24(21,22)10-3-4-12-9(8-10)5-7-23-12/h3-5,7-8,11,18H,1-2,6H2,(H,19,20)(H4,15,16,17)/t11-/m0/s1. The number of benzene rings is 1. The van der Waals surface area contributed by atoms with Crippen LogP contribution in [0, 0.1) is 0 Å². The summed E-state index contributed by atoms with van der Waals surface area (Å²) in [5, 5.41) is 9.81. The Balaban J connectivity index is 2.11. The van der Waals surface area contributed by atoms with Gasteiger partial charge in [0.15, 0.2) is 5.96 Å². The van der Waals surface area contributed by atoms with Crippen LogP contribution in [-0.4, -0.2) is 38.0 Å². The zero-order chi connectivity index (χ0) is 17.7. The molecule has 130 valence electrons. The van der Waals surface area contributed by atoms with Crippen LogP contribution in [0.5, 0.6) is 0 Å². The van der Waals surface area contributed by atoms with Crippen molar-refractivity contribution in [2.45, 2.75) is 23.8 Å². The molecule has 9 nitrogen and oxygen atoms in total. The summed E-state index contributed by atoms with van der Waals surface area (Å²) in [6.07, 6.45) is 1.82. The first kappa shape index (κ1) is 17.8. The molecular weight excluding hydrogens is 336 g/mol. The van der Waals surface area contributed by atoms with E-state index < -0.39 is 22.0 Å². The maximum absolute atomic E-state index is 12.4. The lowest BCUT2D eigenvalue weighted by Gasteiger charge is -2.14. The summed E-state index contributed by atoms with van der Waals surface area (Å²) < 4.78 is 32.1. The number of aliphatic imine (C=N–C) groups is 1. The Kier molecular flexibility index (Phi) is 5.42. The minimum atomic E-state index is -3.99. The lowest BCUT2D eigenvalue weighted by atomic mass is 10.2. The van der Waals surface area contributed by atoms with Gasteiger partial charge in [-0.1, -0.05) is 0 Å². The molecule has 6 N–H and O–H groups in total. The maximum Gasteiger partial charge on any atom is 0.321 e. The molecule has 0 saturated heterocycles. The van der Waals surface area contributed by atoms with Crippen LogP contribution in [0.4, 0.5) is 0 Å². The Morgan fingerprint density at radius 3 is 2.75 bits per heavy atom. The van der Waals surface area contributed by atoms with Gasteiger partial charge >= 0.3 is 5.97 Å². The molecule has 0 spiro atoms. The average molecular weight is 354 g/mol. The second kappa shape index (κ2) is 7.32. The monoisotopic (exact) mass is 354 g/mol. The molecule has 2 rings (SSSR count). The van der Waals surface area contributed by atoms with Crippen molar-refractivity contribution in [2.24, 2.45) is 16.5 Å². The van der Waals surface area contributed by atoms with E-state index in [2.05, 4.69) is 9.71 Å². The van der Waals surface area contributed by atoms with Gasteiger partial charge in [0.05, 0.1) is 11.2 Å². The van der Waals surface area contributed by atoms with E-state index in [4.69, 9.17) is 15.9 Å². The summed E-state index contributed by atoms with van der Waals surface area (Å²) in [5.41, 5.74) is 10.9. The van der Waals surface area contributed by atoms with Crippen LogP contribution >= 0.6 is 0 Å². The van der Waals surface area contributed by atoms with E-state index in [9.17, 15) is 18.3 Å². The topological polar surface area (TPSA) is 161 Å². The number of rotatable bonds is 8. The lowest BCUT2D eigenvalue weighted by molar-refractivity contribution is -0.139. The number of fused-ring (bicyclic) bond motifs is 1. The highest BCUT2D eigenvalue weighted by atomic mass is 32.2. The Bertz CT molecular complexity index is 855. The second-order valence-corrected chi connectivity index (χ2v) is 6.80. The number of sulfonamides is 1. The number of nitrogens with one attached hydrogen (secondary N) is 1. The van der Waals surface area contributed by atoms with Crippen molar-refractivity contribution in [3.05, 3.63) is 30.5 Å². The molecule has 0 fully saturated rings. The minimum absolute atomic E-state index is 0.0353. The molecule has 1 aromatic carbocycles. The van der Waals surface area contributed by atoms with Crippen molar-refractivity contribution in [2.75, 3.05) is 6.54 Å². The molecule has 1 heterocycles. The van der Waals surface area contributed by atoms with Crippen LogP contribution in [-0.2, 0) is 14.8 Å². The number of carboxylic acid groups (broad SMARTS) is 1. The number of furan rings is 1. The first-order chi connectivity index (χ1) is 11.3. The predicted molar refractivity (Wildman–Crippen MR) is 87.9 cm³/mol. The fourth-order valence-corrected chi connectivity index (χ4v) is 3.36. The SMILES string of the molecule is NC(N)=NCCC[C@H](NS(=O)(=O)c1ccc2occc2c1)C(=O)O. The fourth-order valence-electron chi connectivity index (χ4n) is 2.10. The minimum Gasteiger partial charge on any atom is -0.480 e. The van der Waals surface area contributed by atoms with E-state index in [0.29, 0.717) is 17.4 Å². The van der Waals surface area contributed by atoms with Gasteiger partial charge in [-0.05, 0) is 37.1 Å². The van der Waals surface area contributed by atoms with Gasteiger partial charge in [-0.3, -0.25) is 9.79 Å². The van der Waals surface area contributed by atoms with Crippen molar-refractivity contribution in [1.29, 1.82) is 0 Å². The van der Waals surface area contributed by atoms with Crippen LogP contribution in [0.25, 0.3) is 11.0 Å². The zero-order valence-electron chi connectivity index (χ0n) is 12.7. The van der Waals surface area contributed by atoms with Crippen LogP contribution in [0.2, 0.25) is 0 Å². The summed E-state index contributed by atoms with van der Waals surface area (Å²) in [5.74, 6) is -1.37. The summed E-state index contributed by atoms with van der Waals surface area (Å²) in [6.45, 7) is 0.217. The lowest BCUT2D eigenvalue weighted by Crippen LogP contribution is -2.40. The van der Waals surface area contributed by atoms with E-state index in [-0.39, 0.29) is 23.8 Å². The van der Waals surface area contributed by atoms with Crippen LogP contribution in [0.1, 0.15) is 12.8 Å². The number of nitrogens with two attached hydrogens (primary N) is 2. The average Bonchev–Trinajstić information content (AvgIpc) is 2.97. The quantitative estimate of drug-likeness (QED) is 0.299. The third-order valence-electron chi connectivity index (χ3n) is 3.27. The van der Waals surface area contributed by atoms with Gasteiger partial charge in [0.2, 0.25) is 10.0 Å². The van der Waals surface area contributed by atoms with E-state index in [0.717, 1.165) is 0 Å². The molecule has 1 atom stereocenters. The third-order valence-corrected chi connectivity index (χ3v) is 4.74. The predicted octanol–water partition coefficient (Wildman–Crippen LogP) is 0.218. The summed E-state index contributed by atoms with van der Waals surface area (Å²) in [7, 11) is -3.99. The van der Waals surface area contributed by atoms with Gasteiger partial charge in [-0.15, -0.1) is 0 Å². The molecular formula is C14H18N4O5S. The van der Waals surface area contributed by atoms with Crippen LogP contribution in [0.3, 0.4) is 0 Å². The summed E-state index contributed by atoms with van der Waals surface area (Å²) in [4.78, 5) is 15.0. The highest BCUT2D eigenvalue weighted by Crippen LogP contribution is 2.20. The van der Waals surface area contributed by atoms with E-state index in [1.807, 2.05) is 0 Å².